The lowest BCUT2D eigenvalue weighted by Gasteiger charge is -2.33. The lowest BCUT2D eigenvalue weighted by atomic mass is 9.85. The summed E-state index contributed by atoms with van der Waals surface area (Å²) in [6.45, 7) is 0.954. The van der Waals surface area contributed by atoms with Crippen molar-refractivity contribution in [2.45, 2.75) is 56.0 Å². The molecule has 218 valence electrons. The molecule has 0 radical (unpaired) electrons. The number of hydrogen-bond acceptors (Lipinski definition) is 5. The summed E-state index contributed by atoms with van der Waals surface area (Å²) in [4.78, 5) is 51.3. The predicted octanol–water partition coefficient (Wildman–Crippen LogP) is 4.62. The number of carboxylic acid groups (broad SMARTS) is 1. The van der Waals surface area contributed by atoms with Crippen LogP contribution < -0.4 is 11.0 Å². The van der Waals surface area contributed by atoms with E-state index in [0.717, 1.165) is 11.6 Å². The van der Waals surface area contributed by atoms with Gasteiger partial charge in [0, 0.05) is 55.5 Å². The van der Waals surface area contributed by atoms with Crippen LogP contribution >= 0.6 is 0 Å². The van der Waals surface area contributed by atoms with Gasteiger partial charge in [0.15, 0.2) is 17.3 Å². The zero-order valence-corrected chi connectivity index (χ0v) is 22.7. The topological polar surface area (TPSA) is 133 Å². The van der Waals surface area contributed by atoms with Crippen LogP contribution in [0.15, 0.2) is 59.7 Å². The summed E-state index contributed by atoms with van der Waals surface area (Å²) in [5, 5.41) is 12.1. The Morgan fingerprint density at radius 1 is 0.976 bits per heavy atom. The van der Waals surface area contributed by atoms with E-state index in [4.69, 9.17) is 0 Å². The molecule has 4 heterocycles. The van der Waals surface area contributed by atoms with Gasteiger partial charge in [-0.3, -0.25) is 19.3 Å². The number of halogens is 2. The van der Waals surface area contributed by atoms with Gasteiger partial charge < -0.3 is 15.3 Å². The Labute approximate surface area is 239 Å². The number of aromatic amines is 1. The highest BCUT2D eigenvalue weighted by Crippen LogP contribution is 2.45. The second-order valence-electron chi connectivity index (χ2n) is 10.9. The van der Waals surface area contributed by atoms with Crippen LogP contribution in [0.3, 0.4) is 0 Å². The molecule has 6 rings (SSSR count). The van der Waals surface area contributed by atoms with Crippen LogP contribution in [0.25, 0.3) is 11.2 Å². The highest BCUT2D eigenvalue weighted by Gasteiger charge is 2.37. The smallest absolute Gasteiger partial charge is 0.405 e. The summed E-state index contributed by atoms with van der Waals surface area (Å²) in [7, 11) is 0. The monoisotopic (exact) mass is 576 g/mol. The molecule has 1 fully saturated rings. The van der Waals surface area contributed by atoms with Crippen molar-refractivity contribution >= 4 is 23.2 Å². The van der Waals surface area contributed by atoms with Crippen LogP contribution in [0.2, 0.25) is 0 Å². The second-order valence-corrected chi connectivity index (χ2v) is 10.9. The average molecular weight is 577 g/mol. The number of aromatic nitrogens is 4. The van der Waals surface area contributed by atoms with Gasteiger partial charge in [-0.05, 0) is 61.1 Å². The maximum atomic E-state index is 14.9. The summed E-state index contributed by atoms with van der Waals surface area (Å²) in [6, 6.07) is 10.0. The molecule has 1 aromatic carbocycles. The van der Waals surface area contributed by atoms with Crippen molar-refractivity contribution in [2.75, 3.05) is 13.1 Å². The van der Waals surface area contributed by atoms with Crippen LogP contribution in [0.4, 0.5) is 13.6 Å². The van der Waals surface area contributed by atoms with Gasteiger partial charge in [0.1, 0.15) is 0 Å². The summed E-state index contributed by atoms with van der Waals surface area (Å²) in [5.41, 5.74) is 2.27. The Morgan fingerprint density at radius 2 is 1.71 bits per heavy atom. The largest absolute Gasteiger partial charge is 0.465 e. The Balaban J connectivity index is 1.22. The van der Waals surface area contributed by atoms with Crippen molar-refractivity contribution < 1.29 is 23.5 Å². The van der Waals surface area contributed by atoms with Crippen LogP contribution in [0.1, 0.15) is 72.8 Å². The number of rotatable bonds is 5. The van der Waals surface area contributed by atoms with Gasteiger partial charge in [-0.25, -0.2) is 23.4 Å². The minimum atomic E-state index is -1.29. The highest BCUT2D eigenvalue weighted by atomic mass is 19.2. The molecule has 1 aliphatic carbocycles. The van der Waals surface area contributed by atoms with E-state index in [0.29, 0.717) is 55.7 Å². The molecule has 4 aromatic rings. The SMILES string of the molecule is O=C(O)N[C@@H]1c2cccnc2[C@@H](CC(=O)N2CCC(n3c(=O)[nH]c4ncccc43)CC2)CC[C@H]1c1cccc(F)c1F. The van der Waals surface area contributed by atoms with Gasteiger partial charge in [-0.15, -0.1) is 0 Å². The minimum absolute atomic E-state index is 0.0652. The molecule has 0 saturated carbocycles. The first-order valence-electron chi connectivity index (χ1n) is 14.0. The van der Waals surface area contributed by atoms with Crippen molar-refractivity contribution in [3.05, 3.63) is 93.8 Å². The number of likely N-dealkylation sites (tertiary alicyclic amines) is 1. The van der Waals surface area contributed by atoms with Gasteiger partial charge in [0.05, 0.1) is 11.6 Å². The second kappa shape index (κ2) is 11.3. The number of fused-ring (bicyclic) bond motifs is 2. The number of amides is 2. The lowest BCUT2D eigenvalue weighted by molar-refractivity contribution is -0.133. The van der Waals surface area contributed by atoms with Crippen LogP contribution in [0.5, 0.6) is 0 Å². The van der Waals surface area contributed by atoms with E-state index in [1.807, 2.05) is 6.07 Å². The number of carbonyl (C=O) groups is 2. The molecule has 0 bridgehead atoms. The van der Waals surface area contributed by atoms with Crippen LogP contribution in [-0.2, 0) is 4.79 Å². The zero-order valence-electron chi connectivity index (χ0n) is 22.7. The highest BCUT2D eigenvalue weighted by molar-refractivity contribution is 5.77. The van der Waals surface area contributed by atoms with E-state index < -0.39 is 29.7 Å². The number of piperidine rings is 1. The summed E-state index contributed by atoms with van der Waals surface area (Å²) in [6.07, 6.45) is 4.04. The first-order valence-corrected chi connectivity index (χ1v) is 14.0. The van der Waals surface area contributed by atoms with Gasteiger partial charge >= 0.3 is 11.8 Å². The molecule has 1 saturated heterocycles. The summed E-state index contributed by atoms with van der Waals surface area (Å²) in [5.74, 6) is -3.11. The number of benzene rings is 1. The number of imidazole rings is 1. The van der Waals surface area contributed by atoms with Gasteiger partial charge in [0.2, 0.25) is 5.91 Å². The fourth-order valence-electron chi connectivity index (χ4n) is 6.62. The molecule has 12 heteroatoms. The molecule has 3 aromatic heterocycles. The molecule has 0 unspecified atom stereocenters. The number of H-pyrrole nitrogens is 1. The van der Waals surface area contributed by atoms with E-state index >= 15 is 0 Å². The van der Waals surface area contributed by atoms with E-state index in [1.54, 1.807) is 40.1 Å². The Bertz CT molecular complexity index is 1700. The van der Waals surface area contributed by atoms with E-state index in [-0.39, 0.29) is 35.5 Å². The number of nitrogens with zero attached hydrogens (tertiary/aromatic N) is 4. The molecular weight excluding hydrogens is 546 g/mol. The molecule has 3 atom stereocenters. The fourth-order valence-corrected chi connectivity index (χ4v) is 6.62. The zero-order chi connectivity index (χ0) is 29.4. The van der Waals surface area contributed by atoms with Crippen molar-refractivity contribution in [2.24, 2.45) is 0 Å². The number of nitrogens with one attached hydrogen (secondary N) is 2. The molecule has 2 aliphatic rings. The summed E-state index contributed by atoms with van der Waals surface area (Å²) >= 11 is 0. The molecule has 10 nitrogen and oxygen atoms in total. The third-order valence-corrected chi connectivity index (χ3v) is 8.57. The number of pyridine rings is 2. The van der Waals surface area contributed by atoms with Crippen molar-refractivity contribution in [1.29, 1.82) is 0 Å². The molecule has 1 aliphatic heterocycles. The predicted molar refractivity (Wildman–Crippen MR) is 149 cm³/mol. The molecule has 42 heavy (non-hydrogen) atoms. The lowest BCUT2D eigenvalue weighted by Crippen LogP contribution is -2.41. The van der Waals surface area contributed by atoms with E-state index in [9.17, 15) is 28.3 Å². The third-order valence-electron chi connectivity index (χ3n) is 8.57. The molecule has 2 amide bonds. The average Bonchev–Trinajstić information content (AvgIpc) is 3.25. The Kier molecular flexibility index (Phi) is 7.44. The van der Waals surface area contributed by atoms with Crippen LogP contribution in [-0.4, -0.2) is 54.6 Å². The molecule has 3 N–H and O–H groups in total. The van der Waals surface area contributed by atoms with Gasteiger partial charge in [-0.2, -0.15) is 0 Å². The van der Waals surface area contributed by atoms with Gasteiger partial charge in [0.25, 0.3) is 0 Å². The number of hydrogen-bond donors (Lipinski definition) is 3. The minimum Gasteiger partial charge on any atom is -0.465 e. The quantitative estimate of drug-likeness (QED) is 0.297. The number of carbonyl (C=O) groups excluding carboxylic acids is 1. The fraction of sp³-hybridized carbons (Fsp3) is 0.367. The van der Waals surface area contributed by atoms with Crippen molar-refractivity contribution in [3.8, 4) is 0 Å². The van der Waals surface area contributed by atoms with Crippen LogP contribution in [0, 0.1) is 11.6 Å². The van der Waals surface area contributed by atoms with Gasteiger partial charge in [-0.1, -0.05) is 18.2 Å². The molecular formula is C30H30F2N6O4. The molecule has 0 spiro atoms. The first-order chi connectivity index (χ1) is 20.3. The van der Waals surface area contributed by atoms with E-state index in [2.05, 4.69) is 20.3 Å². The third kappa shape index (κ3) is 5.12. The van der Waals surface area contributed by atoms with Crippen molar-refractivity contribution in [1.82, 2.24) is 29.7 Å². The maximum absolute atomic E-state index is 14.9. The van der Waals surface area contributed by atoms with E-state index in [1.165, 1.54) is 12.1 Å². The normalized spacial score (nSPS) is 21.1. The Hall–Kier alpha value is -4.61. The summed E-state index contributed by atoms with van der Waals surface area (Å²) < 4.78 is 30.9. The first kappa shape index (κ1) is 27.6. The maximum Gasteiger partial charge on any atom is 0.405 e. The standard InChI is InChI=1S/C30H30F2N6O4/c31-22-6-1-4-19(25(22)32)20-9-8-17(26-21(5-2-12-33-26)27(20)35-30(41)42)16-24(39)37-14-10-18(11-15-37)38-23-7-3-13-34-28(23)36-29(38)40/h1-7,12-13,17-18,20,27,35H,8-11,14-16H2,(H,41,42)(H,34,36,40)/t17-,20+,27+/m1/s1. The Morgan fingerprint density at radius 3 is 2.50 bits per heavy atom. The van der Waals surface area contributed by atoms with Crippen molar-refractivity contribution in [3.63, 3.8) is 0 Å².